The van der Waals surface area contributed by atoms with Crippen LogP contribution in [0.25, 0.3) is 0 Å². The summed E-state index contributed by atoms with van der Waals surface area (Å²) < 4.78 is 1.16. The van der Waals surface area contributed by atoms with Crippen molar-refractivity contribution in [1.82, 2.24) is 0 Å². The van der Waals surface area contributed by atoms with Crippen LogP contribution in [0.5, 0.6) is 0 Å². The maximum Gasteiger partial charge on any atom is 0.0431 e. The summed E-state index contributed by atoms with van der Waals surface area (Å²) in [7, 11) is 0. The van der Waals surface area contributed by atoms with Crippen molar-refractivity contribution in [2.24, 2.45) is 5.41 Å². The molecule has 1 nitrogen and oxygen atoms in total. The maximum absolute atomic E-state index is 9.04. The highest BCUT2D eigenvalue weighted by atomic mass is 79.9. The van der Waals surface area contributed by atoms with E-state index >= 15 is 0 Å². The normalized spacial score (nSPS) is 23.4. The van der Waals surface area contributed by atoms with Crippen LogP contribution in [0.1, 0.15) is 44.1 Å². The predicted octanol–water partition coefficient (Wildman–Crippen LogP) is 4.03. The van der Waals surface area contributed by atoms with Gasteiger partial charge in [-0.25, -0.2) is 0 Å². The first-order valence-electron chi connectivity index (χ1n) is 6.59. The molecule has 3 rings (SSSR count). The molecule has 0 aliphatic heterocycles. The van der Waals surface area contributed by atoms with Crippen LogP contribution in [0, 0.1) is 5.41 Å². The first kappa shape index (κ1) is 11.7. The molecule has 17 heavy (non-hydrogen) atoms. The fraction of sp³-hybridized carbons (Fsp3) is 0.600. The molecule has 0 radical (unpaired) electrons. The van der Waals surface area contributed by atoms with Gasteiger partial charge in [-0.15, -0.1) is 0 Å². The molecule has 2 aliphatic carbocycles. The molecule has 2 fully saturated rings. The molecule has 0 spiro atoms. The monoisotopic (exact) mass is 294 g/mol. The summed E-state index contributed by atoms with van der Waals surface area (Å²) in [4.78, 5) is 0. The number of benzene rings is 1. The molecule has 2 heteroatoms. The largest absolute Gasteiger partial charge is 0.396 e. The SMILES string of the molecule is OCCCC1(C2(c3ccc(Br)cc3)CC2)CC1. The molecular formula is C15H19BrO. The fourth-order valence-corrected chi connectivity index (χ4v) is 3.82. The molecule has 1 aromatic carbocycles. The Morgan fingerprint density at radius 1 is 1.06 bits per heavy atom. The van der Waals surface area contributed by atoms with E-state index in [1.165, 1.54) is 37.7 Å². The number of aliphatic hydroxyl groups excluding tert-OH is 1. The molecule has 0 atom stereocenters. The summed E-state index contributed by atoms with van der Waals surface area (Å²) in [6, 6.07) is 8.90. The number of hydrogen-bond acceptors (Lipinski definition) is 1. The number of rotatable bonds is 5. The van der Waals surface area contributed by atoms with E-state index < -0.39 is 0 Å². The summed E-state index contributed by atoms with van der Waals surface area (Å²) in [6.07, 6.45) is 7.60. The van der Waals surface area contributed by atoms with Gasteiger partial charge in [0.1, 0.15) is 0 Å². The van der Waals surface area contributed by atoms with E-state index in [0.29, 0.717) is 17.4 Å². The minimum absolute atomic E-state index is 0.345. The predicted molar refractivity (Wildman–Crippen MR) is 73.0 cm³/mol. The van der Waals surface area contributed by atoms with Crippen LogP contribution in [0.3, 0.4) is 0 Å². The van der Waals surface area contributed by atoms with Crippen molar-refractivity contribution in [3.8, 4) is 0 Å². The van der Waals surface area contributed by atoms with Crippen molar-refractivity contribution >= 4 is 15.9 Å². The number of aliphatic hydroxyl groups is 1. The van der Waals surface area contributed by atoms with Crippen LogP contribution in [-0.2, 0) is 5.41 Å². The summed E-state index contributed by atoms with van der Waals surface area (Å²) in [5.74, 6) is 0. The van der Waals surface area contributed by atoms with Gasteiger partial charge in [0, 0.05) is 16.5 Å². The molecule has 0 aromatic heterocycles. The lowest BCUT2D eigenvalue weighted by Gasteiger charge is -2.27. The topological polar surface area (TPSA) is 20.2 Å². The van der Waals surface area contributed by atoms with E-state index in [9.17, 15) is 0 Å². The Hall–Kier alpha value is -0.340. The second kappa shape index (κ2) is 4.10. The average molecular weight is 295 g/mol. The highest BCUT2D eigenvalue weighted by molar-refractivity contribution is 9.10. The standard InChI is InChI=1S/C15H19BrO/c16-13-4-2-12(3-5-13)15(9-10-15)14(7-8-14)6-1-11-17/h2-5,17H,1,6-11H2. The minimum Gasteiger partial charge on any atom is -0.396 e. The average Bonchev–Trinajstić information content (AvgIpc) is 3.21. The summed E-state index contributed by atoms with van der Waals surface area (Å²) >= 11 is 3.51. The third-order valence-electron chi connectivity index (χ3n) is 4.83. The van der Waals surface area contributed by atoms with Gasteiger partial charge in [0.15, 0.2) is 0 Å². The van der Waals surface area contributed by atoms with Crippen molar-refractivity contribution < 1.29 is 5.11 Å². The molecule has 1 aromatic rings. The number of hydrogen-bond donors (Lipinski definition) is 1. The van der Waals surface area contributed by atoms with Crippen LogP contribution in [-0.4, -0.2) is 11.7 Å². The van der Waals surface area contributed by atoms with E-state index in [2.05, 4.69) is 40.2 Å². The molecule has 1 N–H and O–H groups in total. The van der Waals surface area contributed by atoms with Crippen molar-refractivity contribution in [2.75, 3.05) is 6.61 Å². The van der Waals surface area contributed by atoms with E-state index in [4.69, 9.17) is 5.11 Å². The summed E-state index contributed by atoms with van der Waals surface area (Å²) in [6.45, 7) is 0.345. The Labute approximate surface area is 111 Å². The van der Waals surface area contributed by atoms with Crippen molar-refractivity contribution in [1.29, 1.82) is 0 Å². The van der Waals surface area contributed by atoms with Crippen molar-refractivity contribution in [3.05, 3.63) is 34.3 Å². The summed E-state index contributed by atoms with van der Waals surface area (Å²) in [5, 5.41) is 9.04. The van der Waals surface area contributed by atoms with Gasteiger partial charge < -0.3 is 5.11 Å². The van der Waals surface area contributed by atoms with Gasteiger partial charge in [0.05, 0.1) is 0 Å². The van der Waals surface area contributed by atoms with E-state index in [-0.39, 0.29) is 0 Å². The van der Waals surface area contributed by atoms with Gasteiger partial charge in [0.2, 0.25) is 0 Å². The minimum atomic E-state index is 0.345. The molecule has 0 heterocycles. The van der Waals surface area contributed by atoms with Gasteiger partial charge in [0.25, 0.3) is 0 Å². The van der Waals surface area contributed by atoms with Gasteiger partial charge in [-0.05, 0) is 61.6 Å². The van der Waals surface area contributed by atoms with Gasteiger partial charge in [-0.3, -0.25) is 0 Å². The van der Waals surface area contributed by atoms with Crippen molar-refractivity contribution in [2.45, 2.75) is 43.9 Å². The zero-order valence-electron chi connectivity index (χ0n) is 10.1. The molecule has 0 bridgehead atoms. The lowest BCUT2D eigenvalue weighted by atomic mass is 9.77. The van der Waals surface area contributed by atoms with Crippen molar-refractivity contribution in [3.63, 3.8) is 0 Å². The smallest absolute Gasteiger partial charge is 0.0431 e. The summed E-state index contributed by atoms with van der Waals surface area (Å²) in [5.41, 5.74) is 2.52. The highest BCUT2D eigenvalue weighted by Gasteiger charge is 2.64. The molecular weight excluding hydrogens is 276 g/mol. The van der Waals surface area contributed by atoms with Gasteiger partial charge in [-0.2, -0.15) is 0 Å². The lowest BCUT2D eigenvalue weighted by molar-refractivity contribution is 0.249. The van der Waals surface area contributed by atoms with Crippen LogP contribution >= 0.6 is 15.9 Å². The Morgan fingerprint density at radius 2 is 1.71 bits per heavy atom. The van der Waals surface area contributed by atoms with Crippen LogP contribution < -0.4 is 0 Å². The first-order valence-corrected chi connectivity index (χ1v) is 7.39. The maximum atomic E-state index is 9.04. The van der Waals surface area contributed by atoms with E-state index in [1.54, 1.807) is 0 Å². The van der Waals surface area contributed by atoms with Crippen LogP contribution in [0.15, 0.2) is 28.7 Å². The number of halogens is 1. The molecule has 2 saturated carbocycles. The fourth-order valence-electron chi connectivity index (χ4n) is 3.56. The van der Waals surface area contributed by atoms with E-state index in [1.807, 2.05) is 0 Å². The Kier molecular flexibility index (Phi) is 2.83. The lowest BCUT2D eigenvalue weighted by Crippen LogP contribution is -2.22. The molecule has 2 aliphatic rings. The Morgan fingerprint density at radius 3 is 2.18 bits per heavy atom. The quantitative estimate of drug-likeness (QED) is 0.869. The zero-order chi connectivity index (χ0) is 11.9. The third-order valence-corrected chi connectivity index (χ3v) is 5.36. The van der Waals surface area contributed by atoms with Crippen LogP contribution in [0.2, 0.25) is 0 Å². The van der Waals surface area contributed by atoms with Crippen LogP contribution in [0.4, 0.5) is 0 Å². The Bertz CT molecular complexity index is 401. The molecule has 0 unspecified atom stereocenters. The molecule has 0 saturated heterocycles. The second-order valence-electron chi connectivity index (χ2n) is 5.70. The second-order valence-corrected chi connectivity index (χ2v) is 6.61. The molecule has 92 valence electrons. The zero-order valence-corrected chi connectivity index (χ0v) is 11.7. The highest BCUT2D eigenvalue weighted by Crippen LogP contribution is 2.72. The molecule has 0 amide bonds. The third kappa shape index (κ3) is 1.86. The van der Waals surface area contributed by atoms with E-state index in [0.717, 1.165) is 10.9 Å². The van der Waals surface area contributed by atoms with Gasteiger partial charge in [-0.1, -0.05) is 28.1 Å². The van der Waals surface area contributed by atoms with Gasteiger partial charge >= 0.3 is 0 Å². The first-order chi connectivity index (χ1) is 8.22. The Balaban J connectivity index is 1.84.